The minimum atomic E-state index is -2.79. The number of alkyl halides is 2. The molecule has 0 atom stereocenters. The van der Waals surface area contributed by atoms with E-state index in [1.165, 1.54) is 15.8 Å². The Hall–Kier alpha value is -1.62. The number of halogens is 2. The Morgan fingerprint density at radius 2 is 2.11 bits per heavy atom. The number of rotatable bonds is 5. The van der Waals surface area contributed by atoms with Gasteiger partial charge in [-0.25, -0.2) is 0 Å². The Balaban J connectivity index is 1.96. The largest absolute Gasteiger partial charge is 0.435 e. The van der Waals surface area contributed by atoms with Crippen molar-refractivity contribution in [3.05, 3.63) is 46.2 Å². The molecule has 0 amide bonds. The van der Waals surface area contributed by atoms with Crippen molar-refractivity contribution in [1.82, 2.24) is 0 Å². The number of hydrogen-bond acceptors (Lipinski definition) is 3. The fourth-order valence-corrected chi connectivity index (χ4v) is 2.38. The summed E-state index contributed by atoms with van der Waals surface area (Å²) in [6.45, 7) is -0.0674. The lowest BCUT2D eigenvalue weighted by atomic mass is 10.3. The summed E-state index contributed by atoms with van der Waals surface area (Å²) in [4.78, 5) is 2.45. The van der Waals surface area contributed by atoms with Crippen LogP contribution >= 0.6 is 11.3 Å². The first-order chi connectivity index (χ1) is 8.63. The van der Waals surface area contributed by atoms with E-state index in [2.05, 4.69) is 16.1 Å². The van der Waals surface area contributed by atoms with Crippen molar-refractivity contribution in [2.24, 2.45) is 0 Å². The molecule has 0 aliphatic heterocycles. The average molecular weight is 269 g/mol. The molecule has 0 unspecified atom stereocenters. The van der Waals surface area contributed by atoms with Crippen molar-refractivity contribution < 1.29 is 13.5 Å². The molecule has 18 heavy (non-hydrogen) atoms. The summed E-state index contributed by atoms with van der Waals surface area (Å²) < 4.78 is 28.5. The van der Waals surface area contributed by atoms with Crippen molar-refractivity contribution in [2.75, 3.05) is 5.32 Å². The van der Waals surface area contributed by atoms with E-state index in [9.17, 15) is 8.78 Å². The highest BCUT2D eigenvalue weighted by molar-refractivity contribution is 7.11. The predicted molar refractivity (Wildman–Crippen MR) is 69.5 cm³/mol. The number of anilines is 1. The lowest BCUT2D eigenvalue weighted by molar-refractivity contribution is -0.0498. The molecule has 1 heterocycles. The number of aryl methyl sites for hydroxylation is 1. The van der Waals surface area contributed by atoms with Crippen molar-refractivity contribution in [3.8, 4) is 5.75 Å². The van der Waals surface area contributed by atoms with Crippen LogP contribution in [0.3, 0.4) is 0 Å². The molecule has 2 rings (SSSR count). The van der Waals surface area contributed by atoms with E-state index >= 15 is 0 Å². The molecule has 1 N–H and O–H groups in total. The molecular formula is C13H13F2NOS. The minimum absolute atomic E-state index is 0.164. The second-order valence-corrected chi connectivity index (χ2v) is 5.14. The molecule has 2 nitrogen and oxygen atoms in total. The summed E-state index contributed by atoms with van der Waals surface area (Å²) in [6, 6.07) is 10.7. The second-order valence-electron chi connectivity index (χ2n) is 3.77. The molecule has 0 fully saturated rings. The SMILES string of the molecule is Cc1ccc(CNc2cccc(OC(F)F)c2)s1. The van der Waals surface area contributed by atoms with Crippen LogP contribution < -0.4 is 10.1 Å². The zero-order chi connectivity index (χ0) is 13.0. The monoisotopic (exact) mass is 269 g/mol. The highest BCUT2D eigenvalue weighted by Crippen LogP contribution is 2.21. The summed E-state index contributed by atoms with van der Waals surface area (Å²) in [5.74, 6) is 0.164. The zero-order valence-corrected chi connectivity index (χ0v) is 10.6. The van der Waals surface area contributed by atoms with E-state index in [1.807, 2.05) is 19.1 Å². The Morgan fingerprint density at radius 1 is 1.28 bits per heavy atom. The highest BCUT2D eigenvalue weighted by atomic mass is 32.1. The van der Waals surface area contributed by atoms with Gasteiger partial charge in [0.25, 0.3) is 0 Å². The van der Waals surface area contributed by atoms with Crippen molar-refractivity contribution in [2.45, 2.75) is 20.1 Å². The molecule has 0 aliphatic carbocycles. The number of thiophene rings is 1. The second kappa shape index (κ2) is 5.82. The van der Waals surface area contributed by atoms with Gasteiger partial charge < -0.3 is 10.1 Å². The molecule has 0 saturated carbocycles. The number of nitrogens with one attached hydrogen (secondary N) is 1. The van der Waals surface area contributed by atoms with Crippen LogP contribution in [0, 0.1) is 6.92 Å². The Labute approximate surface area is 108 Å². The van der Waals surface area contributed by atoms with Gasteiger partial charge in [0.2, 0.25) is 0 Å². The van der Waals surface area contributed by atoms with Crippen LogP contribution in [0.15, 0.2) is 36.4 Å². The number of hydrogen-bond donors (Lipinski definition) is 1. The van der Waals surface area contributed by atoms with Gasteiger partial charge in [-0.2, -0.15) is 8.78 Å². The van der Waals surface area contributed by atoms with Crippen LogP contribution in [-0.4, -0.2) is 6.61 Å². The van der Waals surface area contributed by atoms with E-state index < -0.39 is 6.61 Å². The van der Waals surface area contributed by atoms with Gasteiger partial charge in [-0.15, -0.1) is 11.3 Å². The maximum atomic E-state index is 12.1. The van der Waals surface area contributed by atoms with Gasteiger partial charge in [-0.05, 0) is 31.2 Å². The maximum absolute atomic E-state index is 12.1. The first-order valence-corrected chi connectivity index (χ1v) is 6.29. The van der Waals surface area contributed by atoms with Crippen LogP contribution in [-0.2, 0) is 6.54 Å². The van der Waals surface area contributed by atoms with E-state index in [0.29, 0.717) is 6.54 Å². The number of ether oxygens (including phenoxy) is 1. The molecule has 0 aliphatic rings. The summed E-state index contributed by atoms with van der Waals surface area (Å²) in [7, 11) is 0. The first kappa shape index (κ1) is 12.8. The summed E-state index contributed by atoms with van der Waals surface area (Å²) in [5.41, 5.74) is 0.763. The molecule has 1 aromatic carbocycles. The van der Waals surface area contributed by atoms with Crippen LogP contribution in [0.2, 0.25) is 0 Å². The molecule has 2 aromatic rings. The molecular weight excluding hydrogens is 256 g/mol. The van der Waals surface area contributed by atoms with E-state index in [-0.39, 0.29) is 5.75 Å². The van der Waals surface area contributed by atoms with Gasteiger partial charge in [0.15, 0.2) is 0 Å². The van der Waals surface area contributed by atoms with Gasteiger partial charge in [-0.1, -0.05) is 6.07 Å². The zero-order valence-electron chi connectivity index (χ0n) is 9.82. The third-order valence-electron chi connectivity index (χ3n) is 2.32. The van der Waals surface area contributed by atoms with Gasteiger partial charge in [0.1, 0.15) is 5.75 Å². The molecule has 5 heteroatoms. The van der Waals surface area contributed by atoms with Gasteiger partial charge in [0.05, 0.1) is 0 Å². The molecule has 96 valence electrons. The standard InChI is InChI=1S/C13H13F2NOS/c1-9-5-6-12(18-9)8-16-10-3-2-4-11(7-10)17-13(14)15/h2-7,13,16H,8H2,1H3. The summed E-state index contributed by atoms with van der Waals surface area (Å²) in [5, 5.41) is 3.17. The Bertz CT molecular complexity index is 513. The lowest BCUT2D eigenvalue weighted by Crippen LogP contribution is -2.03. The van der Waals surface area contributed by atoms with Crippen molar-refractivity contribution in [3.63, 3.8) is 0 Å². The molecule has 0 saturated heterocycles. The summed E-state index contributed by atoms with van der Waals surface area (Å²) in [6.07, 6.45) is 0. The highest BCUT2D eigenvalue weighted by Gasteiger charge is 2.04. The Kier molecular flexibility index (Phi) is 4.15. The quantitative estimate of drug-likeness (QED) is 0.875. The number of benzene rings is 1. The minimum Gasteiger partial charge on any atom is -0.435 e. The van der Waals surface area contributed by atoms with E-state index in [1.54, 1.807) is 23.5 Å². The smallest absolute Gasteiger partial charge is 0.387 e. The normalized spacial score (nSPS) is 10.7. The van der Waals surface area contributed by atoms with Crippen LogP contribution in [0.4, 0.5) is 14.5 Å². The molecule has 0 spiro atoms. The van der Waals surface area contributed by atoms with Crippen LogP contribution in [0.25, 0.3) is 0 Å². The fraction of sp³-hybridized carbons (Fsp3) is 0.231. The topological polar surface area (TPSA) is 21.3 Å². The molecule has 0 radical (unpaired) electrons. The van der Waals surface area contributed by atoms with Crippen molar-refractivity contribution >= 4 is 17.0 Å². The average Bonchev–Trinajstić information content (AvgIpc) is 2.72. The maximum Gasteiger partial charge on any atom is 0.387 e. The van der Waals surface area contributed by atoms with E-state index in [4.69, 9.17) is 0 Å². The third kappa shape index (κ3) is 3.70. The molecule has 1 aromatic heterocycles. The Morgan fingerprint density at radius 3 is 2.78 bits per heavy atom. The molecule has 0 bridgehead atoms. The van der Waals surface area contributed by atoms with Crippen LogP contribution in [0.1, 0.15) is 9.75 Å². The van der Waals surface area contributed by atoms with Gasteiger partial charge in [-0.3, -0.25) is 0 Å². The lowest BCUT2D eigenvalue weighted by Gasteiger charge is -2.08. The third-order valence-corrected chi connectivity index (χ3v) is 3.32. The predicted octanol–water partition coefficient (Wildman–Crippen LogP) is 4.27. The fourth-order valence-electron chi connectivity index (χ4n) is 1.55. The van der Waals surface area contributed by atoms with Crippen LogP contribution in [0.5, 0.6) is 5.75 Å². The van der Waals surface area contributed by atoms with E-state index in [0.717, 1.165) is 5.69 Å². The first-order valence-electron chi connectivity index (χ1n) is 5.47. The summed E-state index contributed by atoms with van der Waals surface area (Å²) >= 11 is 1.71. The van der Waals surface area contributed by atoms with Gasteiger partial charge in [0, 0.05) is 28.1 Å². The van der Waals surface area contributed by atoms with Gasteiger partial charge >= 0.3 is 6.61 Å². The van der Waals surface area contributed by atoms with Crippen molar-refractivity contribution in [1.29, 1.82) is 0 Å².